The Bertz CT molecular complexity index is 262. The van der Waals surface area contributed by atoms with E-state index in [0.29, 0.717) is 25.9 Å². The SMILES string of the molecule is CCO[Si](CCC=NC1CCCCCC1)(OCC)OCC. The average molecular weight is 316 g/mol. The zero-order chi connectivity index (χ0) is 15.4. The van der Waals surface area contributed by atoms with E-state index in [1.165, 1.54) is 38.5 Å². The average Bonchev–Trinajstić information content (AvgIpc) is 2.73. The zero-order valence-electron chi connectivity index (χ0n) is 14.1. The molecule has 0 aromatic heterocycles. The monoisotopic (exact) mass is 315 g/mol. The molecule has 0 spiro atoms. The third-order valence-electron chi connectivity index (χ3n) is 3.81. The van der Waals surface area contributed by atoms with Crippen LogP contribution in [-0.2, 0) is 13.3 Å². The zero-order valence-corrected chi connectivity index (χ0v) is 15.1. The van der Waals surface area contributed by atoms with Gasteiger partial charge in [0.1, 0.15) is 0 Å². The van der Waals surface area contributed by atoms with Crippen molar-refractivity contribution in [3.63, 3.8) is 0 Å². The molecule has 0 N–H and O–H groups in total. The van der Waals surface area contributed by atoms with Crippen LogP contribution in [0.15, 0.2) is 4.99 Å². The summed E-state index contributed by atoms with van der Waals surface area (Å²) in [7, 11) is -2.48. The summed E-state index contributed by atoms with van der Waals surface area (Å²) < 4.78 is 17.6. The lowest BCUT2D eigenvalue weighted by molar-refractivity contribution is 0.0719. The Morgan fingerprint density at radius 3 is 1.90 bits per heavy atom. The lowest BCUT2D eigenvalue weighted by Gasteiger charge is -2.28. The number of aliphatic imine (C=N–C) groups is 1. The largest absolute Gasteiger partial charge is 0.501 e. The van der Waals surface area contributed by atoms with Crippen molar-refractivity contribution in [1.82, 2.24) is 0 Å². The van der Waals surface area contributed by atoms with Crippen LogP contribution >= 0.6 is 0 Å². The van der Waals surface area contributed by atoms with Crippen LogP contribution in [0.25, 0.3) is 0 Å². The van der Waals surface area contributed by atoms with E-state index in [0.717, 1.165) is 12.5 Å². The van der Waals surface area contributed by atoms with Crippen molar-refractivity contribution < 1.29 is 13.3 Å². The van der Waals surface area contributed by atoms with Gasteiger partial charge in [0, 0.05) is 31.9 Å². The van der Waals surface area contributed by atoms with Crippen molar-refractivity contribution in [2.45, 2.75) is 77.8 Å². The van der Waals surface area contributed by atoms with E-state index < -0.39 is 8.80 Å². The smallest absolute Gasteiger partial charge is 0.374 e. The van der Waals surface area contributed by atoms with Gasteiger partial charge in [0.05, 0.1) is 0 Å². The van der Waals surface area contributed by atoms with E-state index in [2.05, 4.69) is 6.21 Å². The first kappa shape index (κ1) is 18.8. The van der Waals surface area contributed by atoms with E-state index in [1.54, 1.807) is 0 Å². The minimum atomic E-state index is -2.48. The molecule has 1 aliphatic rings. The lowest BCUT2D eigenvalue weighted by atomic mass is 10.1. The van der Waals surface area contributed by atoms with E-state index >= 15 is 0 Å². The van der Waals surface area contributed by atoms with Crippen LogP contribution in [0.5, 0.6) is 0 Å². The third kappa shape index (κ3) is 7.54. The highest BCUT2D eigenvalue weighted by atomic mass is 28.4. The van der Waals surface area contributed by atoms with E-state index in [-0.39, 0.29) is 0 Å². The second-order valence-electron chi connectivity index (χ2n) is 5.50. The maximum atomic E-state index is 5.86. The quantitative estimate of drug-likeness (QED) is 0.344. The summed E-state index contributed by atoms with van der Waals surface area (Å²) in [6.07, 6.45) is 10.9. The molecule has 1 fully saturated rings. The molecular formula is C16H33NO3Si. The van der Waals surface area contributed by atoms with Gasteiger partial charge < -0.3 is 13.3 Å². The van der Waals surface area contributed by atoms with Gasteiger partial charge in [0.25, 0.3) is 0 Å². The topological polar surface area (TPSA) is 40.0 Å². The molecule has 0 radical (unpaired) electrons. The van der Waals surface area contributed by atoms with Crippen LogP contribution in [-0.4, -0.2) is 40.9 Å². The van der Waals surface area contributed by atoms with Crippen LogP contribution in [0, 0.1) is 0 Å². The van der Waals surface area contributed by atoms with Gasteiger partial charge >= 0.3 is 8.80 Å². The van der Waals surface area contributed by atoms with Gasteiger partial charge in [-0.2, -0.15) is 0 Å². The summed E-state index contributed by atoms with van der Waals surface area (Å²) in [5, 5.41) is 0. The number of hydrogen-bond donors (Lipinski definition) is 0. The number of hydrogen-bond acceptors (Lipinski definition) is 4. The van der Waals surface area contributed by atoms with Gasteiger partial charge in [-0.05, 0) is 46.2 Å². The predicted octanol–water partition coefficient (Wildman–Crippen LogP) is 4.22. The Balaban J connectivity index is 2.43. The fourth-order valence-corrected chi connectivity index (χ4v) is 5.36. The maximum Gasteiger partial charge on any atom is 0.501 e. The highest BCUT2D eigenvalue weighted by molar-refractivity contribution is 6.60. The highest BCUT2D eigenvalue weighted by Crippen LogP contribution is 2.20. The Hall–Kier alpha value is -0.233. The van der Waals surface area contributed by atoms with Gasteiger partial charge in [0.15, 0.2) is 0 Å². The van der Waals surface area contributed by atoms with Gasteiger partial charge in [-0.15, -0.1) is 0 Å². The van der Waals surface area contributed by atoms with Crippen molar-refractivity contribution in [2.75, 3.05) is 19.8 Å². The van der Waals surface area contributed by atoms with Gasteiger partial charge in [-0.3, -0.25) is 4.99 Å². The molecule has 1 rings (SSSR count). The minimum absolute atomic E-state index is 0.537. The first-order valence-electron chi connectivity index (χ1n) is 8.69. The Labute approximate surface area is 131 Å². The molecule has 0 aromatic carbocycles. The third-order valence-corrected chi connectivity index (χ3v) is 6.90. The summed E-state index contributed by atoms with van der Waals surface area (Å²) in [4.78, 5) is 4.76. The van der Waals surface area contributed by atoms with Crippen molar-refractivity contribution in [3.8, 4) is 0 Å². The summed E-state index contributed by atoms with van der Waals surface area (Å²) >= 11 is 0. The molecule has 0 heterocycles. The Kier molecular flexibility index (Phi) is 10.2. The van der Waals surface area contributed by atoms with Crippen LogP contribution in [0.2, 0.25) is 6.04 Å². The predicted molar refractivity (Wildman–Crippen MR) is 90.0 cm³/mol. The molecule has 0 bridgehead atoms. The normalized spacial score (nSPS) is 18.2. The van der Waals surface area contributed by atoms with E-state index in [4.69, 9.17) is 18.3 Å². The second-order valence-corrected chi connectivity index (χ2v) is 8.23. The van der Waals surface area contributed by atoms with E-state index in [9.17, 15) is 0 Å². The Morgan fingerprint density at radius 2 is 1.43 bits per heavy atom. The highest BCUT2D eigenvalue weighted by Gasteiger charge is 2.39. The second kappa shape index (κ2) is 11.3. The Morgan fingerprint density at radius 1 is 0.905 bits per heavy atom. The number of nitrogens with zero attached hydrogens (tertiary/aromatic N) is 1. The van der Waals surface area contributed by atoms with Crippen LogP contribution in [0.3, 0.4) is 0 Å². The van der Waals surface area contributed by atoms with E-state index in [1.807, 2.05) is 20.8 Å². The molecule has 0 unspecified atom stereocenters. The summed E-state index contributed by atoms with van der Waals surface area (Å²) in [5.41, 5.74) is 0. The van der Waals surface area contributed by atoms with Gasteiger partial charge in [0.2, 0.25) is 0 Å². The first-order valence-corrected chi connectivity index (χ1v) is 10.6. The molecule has 1 aliphatic carbocycles. The molecule has 1 saturated carbocycles. The van der Waals surface area contributed by atoms with Crippen LogP contribution in [0.4, 0.5) is 0 Å². The van der Waals surface area contributed by atoms with Gasteiger partial charge in [-0.1, -0.05) is 25.7 Å². The maximum absolute atomic E-state index is 5.86. The van der Waals surface area contributed by atoms with Crippen molar-refractivity contribution in [1.29, 1.82) is 0 Å². The molecule has 5 heteroatoms. The van der Waals surface area contributed by atoms with Crippen molar-refractivity contribution >= 4 is 15.0 Å². The molecule has 0 saturated heterocycles. The molecule has 0 amide bonds. The molecule has 0 aromatic rings. The standard InChI is InChI=1S/C16H33NO3Si/c1-4-18-21(19-5-2,20-6-3)15-11-14-17-16-12-9-7-8-10-13-16/h14,16H,4-13,15H2,1-3H3. The summed E-state index contributed by atoms with van der Waals surface area (Å²) in [6, 6.07) is 1.37. The van der Waals surface area contributed by atoms with Crippen LogP contribution < -0.4 is 0 Å². The molecular weight excluding hydrogens is 282 g/mol. The lowest BCUT2D eigenvalue weighted by Crippen LogP contribution is -2.46. The van der Waals surface area contributed by atoms with Crippen molar-refractivity contribution in [2.24, 2.45) is 4.99 Å². The molecule has 21 heavy (non-hydrogen) atoms. The molecule has 0 aliphatic heterocycles. The van der Waals surface area contributed by atoms with Crippen molar-refractivity contribution in [3.05, 3.63) is 0 Å². The molecule has 0 atom stereocenters. The minimum Gasteiger partial charge on any atom is -0.374 e. The number of rotatable bonds is 10. The fourth-order valence-electron chi connectivity index (χ4n) is 2.87. The summed E-state index contributed by atoms with van der Waals surface area (Å²) in [5.74, 6) is 0. The molecule has 4 nitrogen and oxygen atoms in total. The summed E-state index contributed by atoms with van der Waals surface area (Å²) in [6.45, 7) is 7.93. The van der Waals surface area contributed by atoms with Gasteiger partial charge in [-0.25, -0.2) is 0 Å². The van der Waals surface area contributed by atoms with Crippen LogP contribution in [0.1, 0.15) is 65.7 Å². The fraction of sp³-hybridized carbons (Fsp3) is 0.938. The first-order chi connectivity index (χ1) is 10.3. The molecule has 124 valence electrons.